The van der Waals surface area contributed by atoms with Crippen LogP contribution in [0.4, 0.5) is 0 Å². The zero-order valence-corrected chi connectivity index (χ0v) is 13.8. The predicted octanol–water partition coefficient (Wildman–Crippen LogP) is 3.59. The number of pyridine rings is 1. The van der Waals surface area contributed by atoms with Crippen molar-refractivity contribution in [3.05, 3.63) is 41.7 Å². The second kappa shape index (κ2) is 10.5. The summed E-state index contributed by atoms with van der Waals surface area (Å²) in [6.07, 6.45) is 5.11. The third-order valence-corrected chi connectivity index (χ3v) is 2.83. The van der Waals surface area contributed by atoms with Crippen molar-refractivity contribution in [1.29, 1.82) is 0 Å². The number of fused-ring (bicyclic) bond motifs is 1. The first-order valence-electron chi connectivity index (χ1n) is 7.55. The molecule has 0 unspecified atom stereocenters. The lowest BCUT2D eigenvalue weighted by Crippen LogP contribution is -2.14. The number of rotatable bonds is 4. The Morgan fingerprint density at radius 3 is 2.20 bits per heavy atom. The normalized spacial score (nSPS) is 9.80. The van der Waals surface area contributed by atoms with E-state index in [4.69, 9.17) is 5.11 Å². The van der Waals surface area contributed by atoms with Crippen LogP contribution in [-0.2, 0) is 13.0 Å². The second-order valence-electron chi connectivity index (χ2n) is 4.38. The van der Waals surface area contributed by atoms with Crippen molar-refractivity contribution in [2.45, 2.75) is 40.7 Å². The third kappa shape index (κ3) is 5.35. The molecule has 0 fully saturated rings. The summed E-state index contributed by atoms with van der Waals surface area (Å²) in [6.45, 7) is 9.15. The molecule has 1 N–H and O–H groups in total. The molecule has 0 aromatic carbocycles. The molecule has 3 nitrogen and oxygen atoms in total. The van der Waals surface area contributed by atoms with Crippen LogP contribution in [0.1, 0.15) is 38.8 Å². The van der Waals surface area contributed by atoms with Gasteiger partial charge in [-0.15, -0.1) is 0 Å². The van der Waals surface area contributed by atoms with E-state index in [1.165, 1.54) is 11.1 Å². The summed E-state index contributed by atoms with van der Waals surface area (Å²) in [4.78, 5) is 2.18. The summed E-state index contributed by atoms with van der Waals surface area (Å²) in [7, 11) is 4.16. The summed E-state index contributed by atoms with van der Waals surface area (Å²) in [5.74, 6) is 0. The van der Waals surface area contributed by atoms with Crippen LogP contribution in [0.2, 0.25) is 0 Å². The molecule has 0 bridgehead atoms. The van der Waals surface area contributed by atoms with Crippen LogP contribution in [0.3, 0.4) is 0 Å². The number of aliphatic hydroxyl groups is 1. The van der Waals surface area contributed by atoms with Gasteiger partial charge in [0.1, 0.15) is 0 Å². The largest absolute Gasteiger partial charge is 0.392 e. The number of likely N-dealkylation sites (N-methyl/N-ethyl adjacent to an activating group) is 1. The maximum atomic E-state index is 9.13. The number of nitrogens with zero attached hydrogens (tertiary/aromatic N) is 2. The SMILES string of the molecule is CC.CC.CN(C)CCc1ccn2ccc(CO)cc12. The number of aromatic nitrogens is 1. The Bertz CT molecular complexity index is 475. The van der Waals surface area contributed by atoms with E-state index in [1.807, 2.05) is 40.0 Å². The summed E-state index contributed by atoms with van der Waals surface area (Å²) < 4.78 is 2.10. The fourth-order valence-electron chi connectivity index (χ4n) is 1.85. The maximum Gasteiger partial charge on any atom is 0.0683 e. The summed E-state index contributed by atoms with van der Waals surface area (Å²) >= 11 is 0. The molecule has 2 aromatic rings. The average molecular weight is 278 g/mol. The van der Waals surface area contributed by atoms with Crippen molar-refractivity contribution in [3.63, 3.8) is 0 Å². The number of aliphatic hydroxyl groups excluding tert-OH is 1. The van der Waals surface area contributed by atoms with E-state index < -0.39 is 0 Å². The van der Waals surface area contributed by atoms with Crippen molar-refractivity contribution in [3.8, 4) is 0 Å². The molecule has 0 saturated carbocycles. The molecule has 114 valence electrons. The van der Waals surface area contributed by atoms with E-state index >= 15 is 0 Å². The van der Waals surface area contributed by atoms with Gasteiger partial charge >= 0.3 is 0 Å². The van der Waals surface area contributed by atoms with Gasteiger partial charge in [-0.25, -0.2) is 0 Å². The molecule has 0 aliphatic heterocycles. The topological polar surface area (TPSA) is 27.9 Å². The highest BCUT2D eigenvalue weighted by Crippen LogP contribution is 2.15. The van der Waals surface area contributed by atoms with Crippen molar-refractivity contribution < 1.29 is 5.11 Å². The molecular formula is C17H30N2O. The van der Waals surface area contributed by atoms with E-state index in [-0.39, 0.29) is 6.61 Å². The van der Waals surface area contributed by atoms with Gasteiger partial charge < -0.3 is 14.4 Å². The summed E-state index contributed by atoms with van der Waals surface area (Å²) in [5.41, 5.74) is 3.51. The highest BCUT2D eigenvalue weighted by Gasteiger charge is 2.03. The molecule has 0 aliphatic rings. The molecule has 2 aromatic heterocycles. The van der Waals surface area contributed by atoms with Crippen molar-refractivity contribution >= 4 is 5.52 Å². The molecule has 2 heterocycles. The molecule has 0 saturated heterocycles. The molecule has 0 atom stereocenters. The maximum absolute atomic E-state index is 9.13. The van der Waals surface area contributed by atoms with Crippen molar-refractivity contribution in [2.75, 3.05) is 20.6 Å². The van der Waals surface area contributed by atoms with Crippen molar-refractivity contribution in [1.82, 2.24) is 9.30 Å². The Morgan fingerprint density at radius 2 is 1.65 bits per heavy atom. The van der Waals surface area contributed by atoms with Crippen LogP contribution in [0, 0.1) is 0 Å². The Morgan fingerprint density at radius 1 is 1.05 bits per heavy atom. The van der Waals surface area contributed by atoms with Crippen LogP contribution < -0.4 is 0 Å². The lowest BCUT2D eigenvalue weighted by molar-refractivity contribution is 0.282. The minimum Gasteiger partial charge on any atom is -0.392 e. The quantitative estimate of drug-likeness (QED) is 0.925. The molecule has 20 heavy (non-hydrogen) atoms. The summed E-state index contributed by atoms with van der Waals surface area (Å²) in [6, 6.07) is 6.16. The standard InChI is InChI=1S/C13H18N2O.2C2H6/c1-14(2)6-4-12-5-8-15-7-3-11(10-16)9-13(12)15;2*1-2/h3,5,7-9,16H,4,6,10H2,1-2H3;2*1-2H3. The van der Waals surface area contributed by atoms with Gasteiger partial charge in [-0.05, 0) is 49.8 Å². The van der Waals surface area contributed by atoms with Crippen LogP contribution in [0.15, 0.2) is 30.6 Å². The van der Waals surface area contributed by atoms with E-state index in [1.54, 1.807) is 0 Å². The molecule has 0 amide bonds. The van der Waals surface area contributed by atoms with Gasteiger partial charge in [-0.1, -0.05) is 27.7 Å². The van der Waals surface area contributed by atoms with Crippen LogP contribution in [0.25, 0.3) is 5.52 Å². The fraction of sp³-hybridized carbons (Fsp3) is 0.529. The van der Waals surface area contributed by atoms with Crippen LogP contribution in [-0.4, -0.2) is 35.0 Å². The lowest BCUT2D eigenvalue weighted by Gasteiger charge is -2.08. The Labute approximate surface area is 123 Å². The highest BCUT2D eigenvalue weighted by molar-refractivity contribution is 5.57. The van der Waals surface area contributed by atoms with Crippen LogP contribution >= 0.6 is 0 Å². The average Bonchev–Trinajstić information content (AvgIpc) is 2.91. The summed E-state index contributed by atoms with van der Waals surface area (Å²) in [5, 5.41) is 9.13. The third-order valence-electron chi connectivity index (χ3n) is 2.83. The minimum absolute atomic E-state index is 0.106. The van der Waals surface area contributed by atoms with E-state index in [2.05, 4.69) is 41.7 Å². The predicted molar refractivity (Wildman–Crippen MR) is 88.3 cm³/mol. The first-order valence-corrected chi connectivity index (χ1v) is 7.55. The van der Waals surface area contributed by atoms with Gasteiger partial charge in [0, 0.05) is 24.5 Å². The van der Waals surface area contributed by atoms with Crippen molar-refractivity contribution in [2.24, 2.45) is 0 Å². The molecule has 3 heteroatoms. The Hall–Kier alpha value is -1.32. The first-order chi connectivity index (χ1) is 9.70. The number of hydrogen-bond donors (Lipinski definition) is 1. The molecule has 0 radical (unpaired) electrons. The van der Waals surface area contributed by atoms with E-state index in [9.17, 15) is 0 Å². The second-order valence-corrected chi connectivity index (χ2v) is 4.38. The Balaban J connectivity index is 0.000000829. The highest BCUT2D eigenvalue weighted by atomic mass is 16.3. The zero-order chi connectivity index (χ0) is 15.5. The Kier molecular flexibility index (Phi) is 9.77. The lowest BCUT2D eigenvalue weighted by atomic mass is 10.1. The van der Waals surface area contributed by atoms with Gasteiger partial charge in [0.05, 0.1) is 6.61 Å². The van der Waals surface area contributed by atoms with Gasteiger partial charge in [-0.3, -0.25) is 0 Å². The smallest absolute Gasteiger partial charge is 0.0683 e. The van der Waals surface area contributed by atoms with Gasteiger partial charge in [-0.2, -0.15) is 0 Å². The van der Waals surface area contributed by atoms with E-state index in [0.717, 1.165) is 18.5 Å². The fourth-order valence-corrected chi connectivity index (χ4v) is 1.85. The van der Waals surface area contributed by atoms with Gasteiger partial charge in [0.15, 0.2) is 0 Å². The van der Waals surface area contributed by atoms with E-state index in [0.29, 0.717) is 0 Å². The van der Waals surface area contributed by atoms with Gasteiger partial charge in [0.25, 0.3) is 0 Å². The molecule has 0 aliphatic carbocycles. The molecular weight excluding hydrogens is 248 g/mol. The molecule has 2 rings (SSSR count). The van der Waals surface area contributed by atoms with Gasteiger partial charge in [0.2, 0.25) is 0 Å². The monoisotopic (exact) mass is 278 g/mol. The minimum atomic E-state index is 0.106. The molecule has 0 spiro atoms. The first kappa shape index (κ1) is 18.7. The number of hydrogen-bond acceptors (Lipinski definition) is 2. The zero-order valence-electron chi connectivity index (χ0n) is 13.8. The van der Waals surface area contributed by atoms with Crippen LogP contribution in [0.5, 0.6) is 0 Å².